The number of cyclic esters (lactones) is 1. The number of ether oxygens (including phenoxy) is 1. The molecule has 196 valence electrons. The van der Waals surface area contributed by atoms with Gasteiger partial charge >= 0.3 is 6.09 Å². The van der Waals surface area contributed by atoms with Gasteiger partial charge in [-0.1, -0.05) is 24.3 Å². The topological polar surface area (TPSA) is 126 Å². The van der Waals surface area contributed by atoms with Gasteiger partial charge in [0.25, 0.3) is 0 Å². The van der Waals surface area contributed by atoms with Crippen LogP contribution in [0.3, 0.4) is 0 Å². The average Bonchev–Trinajstić information content (AvgIpc) is 3.42. The number of benzene rings is 2. The zero-order chi connectivity index (χ0) is 26.5. The number of halogens is 1. The number of carbonyl (C=O) groups excluding carboxylic acids is 3. The Balaban J connectivity index is 1.32. The Bertz CT molecular complexity index is 1200. The molecule has 2 aromatic carbocycles. The molecule has 1 atom stereocenters. The Morgan fingerprint density at radius 3 is 2.59 bits per heavy atom. The van der Waals surface area contributed by atoms with Crippen LogP contribution in [0.2, 0.25) is 0 Å². The summed E-state index contributed by atoms with van der Waals surface area (Å²) in [5, 5.41) is 17.9. The summed E-state index contributed by atoms with van der Waals surface area (Å²) in [6.45, 7) is 2.02. The first-order valence-corrected chi connectivity index (χ1v) is 11.7. The Hall–Kier alpha value is -4.16. The van der Waals surface area contributed by atoms with Gasteiger partial charge < -0.3 is 20.5 Å². The number of hydrazine groups is 2. The molecule has 1 unspecified atom stereocenters. The molecule has 3 amide bonds. The lowest BCUT2D eigenvalue weighted by molar-refractivity contribution is -0.123. The largest absolute Gasteiger partial charge is 0.442 e. The lowest BCUT2D eigenvalue weighted by Crippen LogP contribution is -2.43. The number of hydrogen-bond acceptors (Lipinski definition) is 8. The van der Waals surface area contributed by atoms with Gasteiger partial charge in [-0.05, 0) is 29.3 Å². The molecular formula is C25H29FN6O5. The molecule has 0 spiro atoms. The fraction of sp³-hybridized carbons (Fsp3) is 0.320. The highest BCUT2D eigenvalue weighted by molar-refractivity contribution is 5.90. The lowest BCUT2D eigenvalue weighted by atomic mass is 10.0. The number of amides is 3. The molecule has 12 heteroatoms. The summed E-state index contributed by atoms with van der Waals surface area (Å²) in [7, 11) is 1.74. The quantitative estimate of drug-likeness (QED) is 0.393. The highest BCUT2D eigenvalue weighted by Gasteiger charge is 2.32. The van der Waals surface area contributed by atoms with Crippen molar-refractivity contribution in [2.24, 2.45) is 0 Å². The van der Waals surface area contributed by atoms with Crippen LogP contribution in [0.25, 0.3) is 11.1 Å². The third kappa shape index (κ3) is 6.35. The van der Waals surface area contributed by atoms with Gasteiger partial charge in [0.1, 0.15) is 18.5 Å². The van der Waals surface area contributed by atoms with Crippen molar-refractivity contribution in [3.63, 3.8) is 0 Å². The first-order valence-electron chi connectivity index (χ1n) is 11.7. The molecule has 0 aromatic heterocycles. The number of carbonyl (C=O) groups is 3. The van der Waals surface area contributed by atoms with Crippen molar-refractivity contribution in [1.29, 1.82) is 0 Å². The number of nitrogens with zero attached hydrogens (tertiary/aromatic N) is 3. The van der Waals surface area contributed by atoms with Crippen LogP contribution in [0, 0.1) is 5.82 Å². The van der Waals surface area contributed by atoms with E-state index in [-0.39, 0.29) is 38.1 Å². The van der Waals surface area contributed by atoms with Crippen molar-refractivity contribution >= 4 is 23.6 Å². The third-order valence-electron chi connectivity index (χ3n) is 5.96. The second-order valence-electron chi connectivity index (χ2n) is 8.76. The predicted octanol–water partition coefficient (Wildman–Crippen LogP) is 1.07. The molecule has 4 N–H and O–H groups in total. The van der Waals surface area contributed by atoms with Crippen LogP contribution in [-0.2, 0) is 20.9 Å². The fourth-order valence-corrected chi connectivity index (χ4v) is 4.00. The number of aliphatic hydroxyl groups excluding tert-OH is 1. The summed E-state index contributed by atoms with van der Waals surface area (Å²) >= 11 is 0. The van der Waals surface area contributed by atoms with Crippen LogP contribution in [0.4, 0.5) is 14.9 Å². The zero-order valence-corrected chi connectivity index (χ0v) is 20.5. The van der Waals surface area contributed by atoms with Gasteiger partial charge in [0.15, 0.2) is 0 Å². The normalized spacial score (nSPS) is 17.1. The number of likely N-dealkylation sites (N-methyl/N-ethyl adjacent to an activating group) is 1. The van der Waals surface area contributed by atoms with E-state index in [9.17, 15) is 23.9 Å². The summed E-state index contributed by atoms with van der Waals surface area (Å²) in [4.78, 5) is 36.9. The molecule has 0 radical (unpaired) electrons. The third-order valence-corrected chi connectivity index (χ3v) is 5.96. The van der Waals surface area contributed by atoms with E-state index in [1.54, 1.807) is 59.7 Å². The zero-order valence-electron chi connectivity index (χ0n) is 20.5. The molecule has 1 fully saturated rings. The molecule has 0 bridgehead atoms. The van der Waals surface area contributed by atoms with E-state index in [0.717, 1.165) is 5.56 Å². The highest BCUT2D eigenvalue weighted by atomic mass is 19.1. The van der Waals surface area contributed by atoms with E-state index in [1.807, 2.05) is 0 Å². The Labute approximate surface area is 213 Å². The van der Waals surface area contributed by atoms with Crippen LogP contribution in [0.15, 0.2) is 54.4 Å². The van der Waals surface area contributed by atoms with Crippen molar-refractivity contribution < 1.29 is 28.6 Å². The molecule has 2 aliphatic rings. The van der Waals surface area contributed by atoms with E-state index in [4.69, 9.17) is 4.74 Å². The maximum Gasteiger partial charge on any atom is 0.414 e. The van der Waals surface area contributed by atoms with Crippen LogP contribution in [-0.4, -0.2) is 72.4 Å². The van der Waals surface area contributed by atoms with Crippen molar-refractivity contribution in [2.75, 3.05) is 38.2 Å². The predicted molar refractivity (Wildman–Crippen MR) is 133 cm³/mol. The molecule has 2 aliphatic heterocycles. The second kappa shape index (κ2) is 11.3. The molecule has 2 heterocycles. The Morgan fingerprint density at radius 2 is 1.95 bits per heavy atom. The van der Waals surface area contributed by atoms with E-state index in [1.165, 1.54) is 17.9 Å². The molecule has 1 saturated heterocycles. The minimum atomic E-state index is -0.591. The van der Waals surface area contributed by atoms with Crippen molar-refractivity contribution in [1.82, 2.24) is 26.2 Å². The summed E-state index contributed by atoms with van der Waals surface area (Å²) in [6.07, 6.45) is 0.561. The van der Waals surface area contributed by atoms with E-state index in [0.29, 0.717) is 29.1 Å². The monoisotopic (exact) mass is 512 g/mol. The maximum absolute atomic E-state index is 15.0. The van der Waals surface area contributed by atoms with Gasteiger partial charge in [0, 0.05) is 32.3 Å². The van der Waals surface area contributed by atoms with Gasteiger partial charge in [-0.25, -0.2) is 9.18 Å². The van der Waals surface area contributed by atoms with Gasteiger partial charge in [-0.2, -0.15) is 0 Å². The first kappa shape index (κ1) is 25.9. The second-order valence-corrected chi connectivity index (χ2v) is 8.76. The van der Waals surface area contributed by atoms with Crippen LogP contribution < -0.4 is 21.1 Å². The maximum atomic E-state index is 15.0. The molecular weight excluding hydrogens is 483 g/mol. The molecule has 37 heavy (non-hydrogen) atoms. The fourth-order valence-electron chi connectivity index (χ4n) is 4.00. The van der Waals surface area contributed by atoms with E-state index in [2.05, 4.69) is 16.2 Å². The molecule has 0 aliphatic carbocycles. The Kier molecular flexibility index (Phi) is 7.89. The van der Waals surface area contributed by atoms with Crippen molar-refractivity contribution in [2.45, 2.75) is 19.6 Å². The van der Waals surface area contributed by atoms with Gasteiger partial charge in [0.2, 0.25) is 11.8 Å². The lowest BCUT2D eigenvalue weighted by Gasteiger charge is -2.19. The summed E-state index contributed by atoms with van der Waals surface area (Å²) in [5.74, 6) is -0.919. The van der Waals surface area contributed by atoms with Crippen LogP contribution in [0.1, 0.15) is 12.5 Å². The van der Waals surface area contributed by atoms with E-state index < -0.39 is 18.0 Å². The number of hydrogen-bond donors (Lipinski definition) is 4. The minimum Gasteiger partial charge on any atom is -0.442 e. The van der Waals surface area contributed by atoms with Gasteiger partial charge in [0.05, 0.1) is 31.1 Å². The highest BCUT2D eigenvalue weighted by Crippen LogP contribution is 2.29. The van der Waals surface area contributed by atoms with Crippen LogP contribution in [0.5, 0.6) is 0 Å². The molecule has 0 saturated carbocycles. The van der Waals surface area contributed by atoms with E-state index >= 15 is 0 Å². The smallest absolute Gasteiger partial charge is 0.414 e. The SMILES string of the molecule is CC(=O)NCC1CN(c2ccc(-c3ccc(CNC(=O)CN4C=C(CO)N(C)N4)cc3)c(F)c2)C(=O)O1. The average molecular weight is 513 g/mol. The van der Waals surface area contributed by atoms with Crippen LogP contribution >= 0.6 is 0 Å². The number of rotatable bonds is 9. The minimum absolute atomic E-state index is 0.0715. The summed E-state index contributed by atoms with van der Waals surface area (Å²) in [6, 6.07) is 11.7. The molecule has 2 aromatic rings. The number of anilines is 1. The van der Waals surface area contributed by atoms with Gasteiger partial charge in [-0.15, -0.1) is 5.53 Å². The first-order chi connectivity index (χ1) is 17.7. The number of aliphatic hydroxyl groups is 1. The standard InChI is InChI=1S/C25H29FN6O5/c1-16(34)27-11-21-13-32(25(36)37-21)19-7-8-22(23(26)9-19)18-5-3-17(4-6-18)10-28-24(35)14-31-12-20(15-33)30(2)29-31/h3-9,12,21,29,33H,10-11,13-15H2,1-2H3,(H,27,34)(H,28,35). The van der Waals surface area contributed by atoms with Crippen molar-refractivity contribution in [3.05, 3.63) is 65.7 Å². The Morgan fingerprint density at radius 1 is 1.19 bits per heavy atom. The molecule has 11 nitrogen and oxygen atoms in total. The molecule has 4 rings (SSSR count). The van der Waals surface area contributed by atoms with Gasteiger partial charge in [-0.3, -0.25) is 24.5 Å². The summed E-state index contributed by atoms with van der Waals surface area (Å²) in [5.41, 5.74) is 5.81. The number of nitrogens with one attached hydrogen (secondary N) is 3. The summed E-state index contributed by atoms with van der Waals surface area (Å²) < 4.78 is 20.2. The van der Waals surface area contributed by atoms with Crippen molar-refractivity contribution in [3.8, 4) is 11.1 Å².